The number of rotatable bonds is 9. The fourth-order valence-corrected chi connectivity index (χ4v) is 3.59. The van der Waals surface area contributed by atoms with Crippen LogP contribution in [0.1, 0.15) is 18.2 Å². The molecule has 1 saturated heterocycles. The summed E-state index contributed by atoms with van der Waals surface area (Å²) in [6.45, 7) is 4.69. The summed E-state index contributed by atoms with van der Waals surface area (Å²) in [6.07, 6.45) is 2.29. The summed E-state index contributed by atoms with van der Waals surface area (Å²) in [6, 6.07) is 14.0. The molecule has 8 heteroatoms. The van der Waals surface area contributed by atoms with Gasteiger partial charge in [0.15, 0.2) is 0 Å². The normalized spacial score (nSPS) is 15.6. The molecular formula is C22H30N4O4. The zero-order valence-electron chi connectivity index (χ0n) is 17.4. The number of hydrogen-bond donors (Lipinski definition) is 2. The van der Waals surface area contributed by atoms with E-state index in [-0.39, 0.29) is 6.04 Å². The Morgan fingerprint density at radius 1 is 1.03 bits per heavy atom. The number of nitrogens with one attached hydrogen (secondary N) is 2. The molecule has 162 valence electrons. The first-order valence-electron chi connectivity index (χ1n) is 10.3. The molecule has 1 aliphatic rings. The molecule has 1 aliphatic heterocycles. The number of anilines is 1. The summed E-state index contributed by atoms with van der Waals surface area (Å²) in [5.41, 5.74) is 1.21. The number of ether oxygens (including phenoxy) is 1. The monoisotopic (exact) mass is 414 g/mol. The van der Waals surface area contributed by atoms with E-state index in [0.29, 0.717) is 26.1 Å². The van der Waals surface area contributed by atoms with Crippen molar-refractivity contribution in [1.82, 2.24) is 15.5 Å². The minimum atomic E-state index is -0.633. The van der Waals surface area contributed by atoms with Crippen molar-refractivity contribution in [2.24, 2.45) is 0 Å². The fraction of sp³-hybridized carbons (Fsp3) is 0.455. The lowest BCUT2D eigenvalue weighted by atomic mass is 10.1. The Kier molecular flexibility index (Phi) is 8.29. The van der Waals surface area contributed by atoms with Crippen LogP contribution in [0, 0.1) is 0 Å². The van der Waals surface area contributed by atoms with Crippen LogP contribution >= 0.6 is 0 Å². The Balaban J connectivity index is 1.53. The standard InChI is InChI=1S/C22H30N4O4/c1-29-15-6-10-23-21(27)22(28)24-17-19(20-9-5-16-30-20)26-13-11-25(12-14-26)18-7-3-2-4-8-18/h2-5,7-9,16,19H,6,10-15,17H2,1H3,(H,23,27)(H,24,28)/t19-/m0/s1. The summed E-state index contributed by atoms with van der Waals surface area (Å²) >= 11 is 0. The maximum absolute atomic E-state index is 12.2. The highest BCUT2D eigenvalue weighted by Crippen LogP contribution is 2.24. The van der Waals surface area contributed by atoms with Crippen LogP contribution in [0.3, 0.4) is 0 Å². The minimum absolute atomic E-state index is 0.122. The largest absolute Gasteiger partial charge is 0.468 e. The lowest BCUT2D eigenvalue weighted by molar-refractivity contribution is -0.139. The van der Waals surface area contributed by atoms with Gasteiger partial charge in [0.05, 0.1) is 12.3 Å². The van der Waals surface area contributed by atoms with Gasteiger partial charge >= 0.3 is 11.8 Å². The molecule has 2 heterocycles. The van der Waals surface area contributed by atoms with Crippen molar-refractivity contribution < 1.29 is 18.7 Å². The van der Waals surface area contributed by atoms with Crippen molar-refractivity contribution >= 4 is 17.5 Å². The third kappa shape index (κ3) is 6.08. The minimum Gasteiger partial charge on any atom is -0.468 e. The van der Waals surface area contributed by atoms with Crippen molar-refractivity contribution in [3.63, 3.8) is 0 Å². The summed E-state index contributed by atoms with van der Waals surface area (Å²) < 4.78 is 10.6. The number of carbonyl (C=O) groups is 2. The fourth-order valence-electron chi connectivity index (χ4n) is 3.59. The topological polar surface area (TPSA) is 87.0 Å². The van der Waals surface area contributed by atoms with Crippen LogP contribution in [-0.2, 0) is 14.3 Å². The number of furan rings is 1. The second kappa shape index (κ2) is 11.4. The molecule has 0 unspecified atom stereocenters. The molecule has 8 nitrogen and oxygen atoms in total. The Morgan fingerprint density at radius 3 is 2.43 bits per heavy atom. The summed E-state index contributed by atoms with van der Waals surface area (Å²) in [7, 11) is 1.60. The molecule has 3 rings (SSSR count). The maximum Gasteiger partial charge on any atom is 0.309 e. The van der Waals surface area contributed by atoms with E-state index in [2.05, 4.69) is 32.6 Å². The molecule has 0 saturated carbocycles. The lowest BCUT2D eigenvalue weighted by Gasteiger charge is -2.39. The second-order valence-electron chi connectivity index (χ2n) is 7.20. The van der Waals surface area contributed by atoms with Crippen molar-refractivity contribution in [2.75, 3.05) is 57.9 Å². The van der Waals surface area contributed by atoms with Gasteiger partial charge in [-0.25, -0.2) is 0 Å². The van der Waals surface area contributed by atoms with Gasteiger partial charge in [0.2, 0.25) is 0 Å². The van der Waals surface area contributed by atoms with Crippen molar-refractivity contribution in [2.45, 2.75) is 12.5 Å². The average molecular weight is 415 g/mol. The predicted octanol–water partition coefficient (Wildman–Crippen LogP) is 1.41. The SMILES string of the molecule is COCCCNC(=O)C(=O)NC[C@@H](c1ccco1)N1CCN(c2ccccc2)CC1. The molecular weight excluding hydrogens is 384 g/mol. The van der Waals surface area contributed by atoms with Gasteiger partial charge in [0.25, 0.3) is 0 Å². The summed E-state index contributed by atoms with van der Waals surface area (Å²) in [4.78, 5) is 28.8. The quantitative estimate of drug-likeness (QED) is 0.477. The molecule has 2 N–H and O–H groups in total. The van der Waals surface area contributed by atoms with Crippen molar-refractivity contribution in [3.05, 3.63) is 54.5 Å². The average Bonchev–Trinajstić information content (AvgIpc) is 3.32. The summed E-state index contributed by atoms with van der Waals surface area (Å²) in [5.74, 6) is -0.478. The molecule has 1 atom stereocenters. The van der Waals surface area contributed by atoms with Gasteiger partial charge in [-0.05, 0) is 30.7 Å². The van der Waals surface area contributed by atoms with Gasteiger partial charge in [0.1, 0.15) is 5.76 Å². The third-order valence-corrected chi connectivity index (χ3v) is 5.22. The van der Waals surface area contributed by atoms with Crippen LogP contribution in [0.2, 0.25) is 0 Å². The van der Waals surface area contributed by atoms with Crippen LogP contribution in [0.15, 0.2) is 53.1 Å². The van der Waals surface area contributed by atoms with E-state index in [9.17, 15) is 9.59 Å². The van der Waals surface area contributed by atoms with Crippen LogP contribution in [0.4, 0.5) is 5.69 Å². The van der Waals surface area contributed by atoms with Crippen LogP contribution in [0.25, 0.3) is 0 Å². The number of piperazine rings is 1. The zero-order chi connectivity index (χ0) is 21.2. The molecule has 1 aromatic carbocycles. The van der Waals surface area contributed by atoms with Gasteiger partial charge in [-0.1, -0.05) is 18.2 Å². The number of para-hydroxylation sites is 1. The number of nitrogens with zero attached hydrogens (tertiary/aromatic N) is 2. The summed E-state index contributed by atoms with van der Waals surface area (Å²) in [5, 5.41) is 5.36. The molecule has 2 aromatic rings. The first-order valence-corrected chi connectivity index (χ1v) is 10.3. The Morgan fingerprint density at radius 2 is 1.77 bits per heavy atom. The Hall–Kier alpha value is -2.84. The molecule has 0 radical (unpaired) electrons. The van der Waals surface area contributed by atoms with E-state index in [0.717, 1.165) is 31.9 Å². The molecule has 0 bridgehead atoms. The van der Waals surface area contributed by atoms with Crippen LogP contribution in [-0.4, -0.2) is 69.7 Å². The first-order chi connectivity index (χ1) is 14.7. The lowest BCUT2D eigenvalue weighted by Crippen LogP contribution is -2.50. The number of benzene rings is 1. The highest BCUT2D eigenvalue weighted by molar-refractivity contribution is 6.35. The van der Waals surface area contributed by atoms with E-state index in [4.69, 9.17) is 9.15 Å². The number of amides is 2. The molecule has 30 heavy (non-hydrogen) atoms. The zero-order valence-corrected chi connectivity index (χ0v) is 17.4. The number of methoxy groups -OCH3 is 1. The third-order valence-electron chi connectivity index (χ3n) is 5.22. The van der Waals surface area contributed by atoms with E-state index in [1.54, 1.807) is 13.4 Å². The highest BCUT2D eigenvalue weighted by Gasteiger charge is 2.28. The van der Waals surface area contributed by atoms with Gasteiger partial charge in [0, 0.05) is 58.7 Å². The number of carbonyl (C=O) groups excluding carboxylic acids is 2. The van der Waals surface area contributed by atoms with Crippen molar-refractivity contribution in [3.8, 4) is 0 Å². The Bertz CT molecular complexity index is 774. The van der Waals surface area contributed by atoms with E-state index >= 15 is 0 Å². The smallest absolute Gasteiger partial charge is 0.309 e. The first kappa shape index (κ1) is 21.9. The van der Waals surface area contributed by atoms with E-state index in [1.165, 1.54) is 5.69 Å². The van der Waals surface area contributed by atoms with Gasteiger partial charge in [-0.3, -0.25) is 14.5 Å². The van der Waals surface area contributed by atoms with Crippen LogP contribution in [0.5, 0.6) is 0 Å². The van der Waals surface area contributed by atoms with E-state index in [1.807, 2.05) is 30.3 Å². The second-order valence-corrected chi connectivity index (χ2v) is 7.20. The van der Waals surface area contributed by atoms with E-state index < -0.39 is 11.8 Å². The van der Waals surface area contributed by atoms with Gasteiger partial charge < -0.3 is 24.7 Å². The van der Waals surface area contributed by atoms with Crippen molar-refractivity contribution in [1.29, 1.82) is 0 Å². The van der Waals surface area contributed by atoms with Gasteiger partial charge in [-0.2, -0.15) is 0 Å². The molecule has 1 fully saturated rings. The molecule has 1 aromatic heterocycles. The Labute approximate surface area is 177 Å². The predicted molar refractivity (Wildman–Crippen MR) is 114 cm³/mol. The molecule has 2 amide bonds. The molecule has 0 spiro atoms. The number of hydrogen-bond acceptors (Lipinski definition) is 6. The van der Waals surface area contributed by atoms with Crippen LogP contribution < -0.4 is 15.5 Å². The highest BCUT2D eigenvalue weighted by atomic mass is 16.5. The maximum atomic E-state index is 12.2. The van der Waals surface area contributed by atoms with Gasteiger partial charge in [-0.15, -0.1) is 0 Å². The molecule has 0 aliphatic carbocycles.